The van der Waals surface area contributed by atoms with E-state index in [0.29, 0.717) is 31.0 Å². The number of halogens is 1. The highest BCUT2D eigenvalue weighted by atomic mass is 35.5. The van der Waals surface area contributed by atoms with Crippen LogP contribution in [0.4, 0.5) is 0 Å². The van der Waals surface area contributed by atoms with Gasteiger partial charge in [0.05, 0.1) is 10.8 Å². The van der Waals surface area contributed by atoms with Gasteiger partial charge in [-0.1, -0.05) is 41.9 Å². The van der Waals surface area contributed by atoms with Crippen LogP contribution in [0.15, 0.2) is 59.5 Å². The second-order valence-corrected chi connectivity index (χ2v) is 10.5. The topological polar surface area (TPSA) is 66.5 Å². The van der Waals surface area contributed by atoms with Crippen molar-refractivity contribution in [1.82, 2.24) is 9.62 Å². The third kappa shape index (κ3) is 6.22. The van der Waals surface area contributed by atoms with Crippen molar-refractivity contribution in [2.24, 2.45) is 5.92 Å². The normalized spacial score (nSPS) is 17.8. The molecule has 156 valence electrons. The molecule has 2 aromatic rings. The summed E-state index contributed by atoms with van der Waals surface area (Å²) >= 11 is 7.62. The first-order chi connectivity index (χ1) is 14.0. The number of thioether (sulfide) groups is 1. The van der Waals surface area contributed by atoms with Gasteiger partial charge in [0.25, 0.3) is 0 Å². The van der Waals surface area contributed by atoms with Gasteiger partial charge in [-0.2, -0.15) is 16.1 Å². The molecular weight excluding hydrogens is 428 g/mol. The van der Waals surface area contributed by atoms with Crippen LogP contribution in [0.5, 0.6) is 0 Å². The quantitative estimate of drug-likeness (QED) is 0.619. The summed E-state index contributed by atoms with van der Waals surface area (Å²) < 4.78 is 27.1. The van der Waals surface area contributed by atoms with Gasteiger partial charge < -0.3 is 5.32 Å². The second-order valence-electron chi connectivity index (χ2n) is 6.99. The molecule has 1 heterocycles. The predicted octanol–water partition coefficient (Wildman–Crippen LogP) is 3.79. The van der Waals surface area contributed by atoms with Crippen molar-refractivity contribution in [2.75, 3.05) is 25.4 Å². The number of amides is 1. The molecule has 0 unspecified atom stereocenters. The number of hydrogen-bond acceptors (Lipinski definition) is 4. The molecule has 1 aliphatic heterocycles. The molecule has 1 saturated heterocycles. The molecule has 8 heteroatoms. The van der Waals surface area contributed by atoms with E-state index in [1.54, 1.807) is 23.9 Å². The largest absolute Gasteiger partial charge is 0.355 e. The van der Waals surface area contributed by atoms with Gasteiger partial charge >= 0.3 is 0 Å². The second kappa shape index (κ2) is 10.5. The first-order valence-corrected chi connectivity index (χ1v) is 12.6. The van der Waals surface area contributed by atoms with Crippen molar-refractivity contribution >= 4 is 39.3 Å². The van der Waals surface area contributed by atoms with Gasteiger partial charge in [-0.15, -0.1) is 0 Å². The Hall–Kier alpha value is -1.54. The fraction of sp³-hybridized carbons (Fsp3) is 0.381. The van der Waals surface area contributed by atoms with Gasteiger partial charge in [0.15, 0.2) is 0 Å². The van der Waals surface area contributed by atoms with Crippen LogP contribution in [0.1, 0.15) is 18.4 Å². The molecule has 0 radical (unpaired) electrons. The lowest BCUT2D eigenvalue weighted by atomic mass is 9.99. The van der Waals surface area contributed by atoms with Crippen LogP contribution in [-0.2, 0) is 20.6 Å². The summed E-state index contributed by atoms with van der Waals surface area (Å²) in [7, 11) is -3.61. The van der Waals surface area contributed by atoms with Crippen molar-refractivity contribution in [2.45, 2.75) is 23.5 Å². The Labute approximate surface area is 181 Å². The highest BCUT2D eigenvalue weighted by Crippen LogP contribution is 2.25. The van der Waals surface area contributed by atoms with Gasteiger partial charge in [-0.3, -0.25) is 4.79 Å². The van der Waals surface area contributed by atoms with E-state index in [2.05, 4.69) is 17.4 Å². The van der Waals surface area contributed by atoms with Gasteiger partial charge in [-0.05, 0) is 42.7 Å². The fourth-order valence-corrected chi connectivity index (χ4v) is 5.75. The summed E-state index contributed by atoms with van der Waals surface area (Å²) in [5.41, 5.74) is 1.26. The molecule has 2 aromatic carbocycles. The number of rotatable bonds is 8. The van der Waals surface area contributed by atoms with Gasteiger partial charge in [0.1, 0.15) is 0 Å². The number of nitrogens with zero attached hydrogens (tertiary/aromatic N) is 1. The summed E-state index contributed by atoms with van der Waals surface area (Å²) in [6, 6.07) is 16.3. The van der Waals surface area contributed by atoms with E-state index in [1.165, 1.54) is 22.0 Å². The first-order valence-electron chi connectivity index (χ1n) is 9.62. The van der Waals surface area contributed by atoms with E-state index in [4.69, 9.17) is 11.6 Å². The number of sulfonamides is 1. The van der Waals surface area contributed by atoms with Crippen molar-refractivity contribution in [1.29, 1.82) is 0 Å². The number of nitrogens with one attached hydrogen (secondary N) is 1. The molecule has 1 aliphatic rings. The minimum atomic E-state index is -3.61. The number of carbonyl (C=O) groups excluding carboxylic acids is 1. The number of piperidine rings is 1. The average molecular weight is 453 g/mol. The van der Waals surface area contributed by atoms with Crippen LogP contribution in [0, 0.1) is 5.92 Å². The molecule has 1 N–H and O–H groups in total. The molecule has 29 heavy (non-hydrogen) atoms. The maximum atomic E-state index is 12.8. The van der Waals surface area contributed by atoms with Crippen LogP contribution in [0.25, 0.3) is 0 Å². The van der Waals surface area contributed by atoms with Gasteiger partial charge in [-0.25, -0.2) is 8.42 Å². The Kier molecular flexibility index (Phi) is 8.00. The van der Waals surface area contributed by atoms with Crippen LogP contribution in [-0.4, -0.2) is 44.0 Å². The SMILES string of the molecule is O=C(NCCSCc1ccccc1)[C@@H]1CCCN(S(=O)(=O)c2ccc(Cl)cc2)C1. The summed E-state index contributed by atoms with van der Waals surface area (Å²) in [5, 5.41) is 3.45. The molecule has 3 rings (SSSR count). The molecule has 0 spiro atoms. The average Bonchev–Trinajstić information content (AvgIpc) is 2.74. The standard InChI is InChI=1S/C21H25ClN2O3S2/c22-19-8-10-20(11-9-19)29(26,27)24-13-4-7-18(15-24)21(25)23-12-14-28-16-17-5-2-1-3-6-17/h1-3,5-6,8-11,18H,4,7,12-16H2,(H,23,25)/t18-/m1/s1. The lowest BCUT2D eigenvalue weighted by Gasteiger charge is -2.31. The van der Waals surface area contributed by atoms with E-state index in [9.17, 15) is 13.2 Å². The highest BCUT2D eigenvalue weighted by molar-refractivity contribution is 7.98. The number of hydrogen-bond donors (Lipinski definition) is 1. The minimum Gasteiger partial charge on any atom is -0.355 e. The molecule has 0 saturated carbocycles. The van der Waals surface area contributed by atoms with Crippen molar-refractivity contribution in [3.63, 3.8) is 0 Å². The Balaban J connectivity index is 1.47. The molecule has 0 aliphatic carbocycles. The van der Waals surface area contributed by atoms with Crippen LogP contribution < -0.4 is 5.32 Å². The summed E-state index contributed by atoms with van der Waals surface area (Å²) in [6.07, 6.45) is 1.38. The zero-order valence-corrected chi connectivity index (χ0v) is 18.5. The molecule has 5 nitrogen and oxygen atoms in total. The zero-order chi connectivity index (χ0) is 20.7. The lowest BCUT2D eigenvalue weighted by molar-refractivity contribution is -0.125. The lowest BCUT2D eigenvalue weighted by Crippen LogP contribution is -2.45. The first kappa shape index (κ1) is 22.2. The molecule has 1 amide bonds. The van der Waals surface area contributed by atoms with Crippen LogP contribution in [0.3, 0.4) is 0 Å². The highest BCUT2D eigenvalue weighted by Gasteiger charge is 2.33. The van der Waals surface area contributed by atoms with E-state index < -0.39 is 10.0 Å². The molecular formula is C21H25ClN2O3S2. The Morgan fingerprint density at radius 1 is 1.14 bits per heavy atom. The predicted molar refractivity (Wildman–Crippen MR) is 119 cm³/mol. The van der Waals surface area contributed by atoms with Crippen molar-refractivity contribution in [3.8, 4) is 0 Å². The van der Waals surface area contributed by atoms with Gasteiger partial charge in [0.2, 0.25) is 15.9 Å². The fourth-order valence-electron chi connectivity index (χ4n) is 3.29. The zero-order valence-electron chi connectivity index (χ0n) is 16.1. The number of carbonyl (C=O) groups is 1. The summed E-state index contributed by atoms with van der Waals surface area (Å²) in [4.78, 5) is 12.7. The van der Waals surface area contributed by atoms with E-state index in [-0.39, 0.29) is 23.3 Å². The van der Waals surface area contributed by atoms with E-state index >= 15 is 0 Å². The summed E-state index contributed by atoms with van der Waals surface area (Å²) in [5.74, 6) is 1.35. The van der Waals surface area contributed by atoms with E-state index in [1.807, 2.05) is 18.2 Å². The maximum Gasteiger partial charge on any atom is 0.243 e. The maximum absolute atomic E-state index is 12.8. The molecule has 1 atom stereocenters. The Morgan fingerprint density at radius 3 is 2.59 bits per heavy atom. The number of benzene rings is 2. The van der Waals surface area contributed by atoms with Crippen LogP contribution >= 0.6 is 23.4 Å². The third-order valence-corrected chi connectivity index (χ3v) is 8.03. The molecule has 0 aromatic heterocycles. The molecule has 1 fully saturated rings. The van der Waals surface area contributed by atoms with Crippen molar-refractivity contribution in [3.05, 3.63) is 65.2 Å². The van der Waals surface area contributed by atoms with Crippen LogP contribution in [0.2, 0.25) is 5.02 Å². The summed E-state index contributed by atoms with van der Waals surface area (Å²) in [6.45, 7) is 1.23. The monoisotopic (exact) mass is 452 g/mol. The minimum absolute atomic E-state index is 0.0682. The third-order valence-electron chi connectivity index (χ3n) is 4.86. The van der Waals surface area contributed by atoms with Crippen molar-refractivity contribution < 1.29 is 13.2 Å². The Morgan fingerprint density at radius 2 is 1.86 bits per heavy atom. The van der Waals surface area contributed by atoms with E-state index in [0.717, 1.165) is 11.5 Å². The molecule has 0 bridgehead atoms. The van der Waals surface area contributed by atoms with Gasteiger partial charge in [0, 0.05) is 36.2 Å². The Bertz CT molecular complexity index is 905. The smallest absolute Gasteiger partial charge is 0.243 e.